The van der Waals surface area contributed by atoms with Crippen molar-refractivity contribution in [3.8, 4) is 0 Å². The third kappa shape index (κ3) is 2.20. The zero-order valence-corrected chi connectivity index (χ0v) is 11.2. The smallest absolute Gasteiger partial charge is 0.237 e. The first kappa shape index (κ1) is 12.8. The Morgan fingerprint density at radius 2 is 2.18 bits per heavy atom. The van der Waals surface area contributed by atoms with Crippen LogP contribution in [0.2, 0.25) is 0 Å². The van der Waals surface area contributed by atoms with Gasteiger partial charge in [0, 0.05) is 18.6 Å². The molecule has 98 valence electrons. The molecule has 4 heteroatoms. The summed E-state index contributed by atoms with van der Waals surface area (Å²) < 4.78 is 0. The van der Waals surface area contributed by atoms with Gasteiger partial charge in [-0.3, -0.25) is 9.69 Å². The fourth-order valence-corrected chi connectivity index (χ4v) is 3.72. The number of nitrogens with one attached hydrogen (secondary N) is 1. The number of hydrogen-bond acceptors (Lipinski definition) is 3. The van der Waals surface area contributed by atoms with E-state index in [0.717, 1.165) is 25.2 Å². The number of rotatable bonds is 3. The number of primary amides is 1. The van der Waals surface area contributed by atoms with Crippen LogP contribution in [-0.2, 0) is 4.79 Å². The number of amides is 1. The summed E-state index contributed by atoms with van der Waals surface area (Å²) in [6.45, 7) is 5.78. The second-order valence-electron chi connectivity index (χ2n) is 5.98. The van der Waals surface area contributed by atoms with Crippen molar-refractivity contribution in [1.29, 1.82) is 0 Å². The average Bonchev–Trinajstić information content (AvgIpc) is 2.82. The molecule has 1 saturated carbocycles. The number of likely N-dealkylation sites (N-methyl/N-ethyl adjacent to an activating group) is 1. The first-order chi connectivity index (χ1) is 7.98. The summed E-state index contributed by atoms with van der Waals surface area (Å²) in [5.74, 6) is 0.588. The van der Waals surface area contributed by atoms with E-state index >= 15 is 0 Å². The molecule has 4 atom stereocenters. The van der Waals surface area contributed by atoms with E-state index in [4.69, 9.17) is 5.73 Å². The Labute approximate surface area is 104 Å². The Hall–Kier alpha value is -0.610. The molecule has 1 heterocycles. The molecule has 0 radical (unpaired) electrons. The summed E-state index contributed by atoms with van der Waals surface area (Å²) in [6.07, 6.45) is 4.11. The minimum Gasteiger partial charge on any atom is -0.368 e. The normalized spacial score (nSPS) is 43.1. The Morgan fingerprint density at radius 3 is 2.59 bits per heavy atom. The van der Waals surface area contributed by atoms with Gasteiger partial charge < -0.3 is 11.1 Å². The average molecular weight is 239 g/mol. The van der Waals surface area contributed by atoms with Crippen molar-refractivity contribution >= 4 is 5.91 Å². The van der Waals surface area contributed by atoms with Gasteiger partial charge in [-0.25, -0.2) is 0 Å². The lowest BCUT2D eigenvalue weighted by Gasteiger charge is -2.31. The standard InChI is InChI=1S/C13H25N3O/c1-9-6-10(2)16(8-9)11-4-5-13(7-11,15-3)12(14)17/h9-11,15H,4-8H2,1-3H3,(H2,14,17). The zero-order valence-electron chi connectivity index (χ0n) is 11.2. The number of hydrogen-bond donors (Lipinski definition) is 2. The Kier molecular flexibility index (Phi) is 3.46. The quantitative estimate of drug-likeness (QED) is 0.762. The molecule has 4 unspecified atom stereocenters. The molecule has 0 aromatic carbocycles. The highest BCUT2D eigenvalue weighted by atomic mass is 16.1. The van der Waals surface area contributed by atoms with Crippen LogP contribution < -0.4 is 11.1 Å². The lowest BCUT2D eigenvalue weighted by atomic mass is 9.96. The van der Waals surface area contributed by atoms with Crippen LogP contribution in [0.5, 0.6) is 0 Å². The number of carbonyl (C=O) groups excluding carboxylic acids is 1. The van der Waals surface area contributed by atoms with Gasteiger partial charge in [0.15, 0.2) is 0 Å². The van der Waals surface area contributed by atoms with Crippen molar-refractivity contribution in [2.24, 2.45) is 11.7 Å². The van der Waals surface area contributed by atoms with Crippen molar-refractivity contribution in [2.75, 3.05) is 13.6 Å². The molecule has 1 aliphatic heterocycles. The third-order valence-corrected chi connectivity index (χ3v) is 4.74. The first-order valence-electron chi connectivity index (χ1n) is 6.73. The van der Waals surface area contributed by atoms with Crippen LogP contribution in [0.25, 0.3) is 0 Å². The van der Waals surface area contributed by atoms with Crippen molar-refractivity contribution < 1.29 is 4.79 Å². The van der Waals surface area contributed by atoms with Crippen molar-refractivity contribution in [3.05, 3.63) is 0 Å². The largest absolute Gasteiger partial charge is 0.368 e. The number of nitrogens with two attached hydrogens (primary N) is 1. The molecule has 4 nitrogen and oxygen atoms in total. The summed E-state index contributed by atoms with van der Waals surface area (Å²) >= 11 is 0. The number of carbonyl (C=O) groups is 1. The van der Waals surface area contributed by atoms with Gasteiger partial charge in [0.1, 0.15) is 0 Å². The Bertz CT molecular complexity index is 307. The second-order valence-corrected chi connectivity index (χ2v) is 5.98. The van der Waals surface area contributed by atoms with Crippen molar-refractivity contribution in [3.63, 3.8) is 0 Å². The fourth-order valence-electron chi connectivity index (χ4n) is 3.72. The molecule has 2 rings (SSSR count). The molecule has 2 fully saturated rings. The van der Waals surface area contributed by atoms with Gasteiger partial charge in [-0.1, -0.05) is 6.92 Å². The molecule has 17 heavy (non-hydrogen) atoms. The van der Waals surface area contributed by atoms with Gasteiger partial charge >= 0.3 is 0 Å². The maximum Gasteiger partial charge on any atom is 0.237 e. The fraction of sp³-hybridized carbons (Fsp3) is 0.923. The molecule has 2 aliphatic rings. The van der Waals surface area contributed by atoms with Crippen LogP contribution in [0.3, 0.4) is 0 Å². The van der Waals surface area contributed by atoms with Gasteiger partial charge in [0.2, 0.25) is 5.91 Å². The van der Waals surface area contributed by atoms with Crippen LogP contribution in [0.1, 0.15) is 39.5 Å². The van der Waals surface area contributed by atoms with Crippen LogP contribution in [0, 0.1) is 5.92 Å². The first-order valence-corrected chi connectivity index (χ1v) is 6.73. The van der Waals surface area contributed by atoms with Gasteiger partial charge in [-0.05, 0) is 45.6 Å². The minimum atomic E-state index is -0.462. The van der Waals surface area contributed by atoms with Crippen LogP contribution in [0.15, 0.2) is 0 Å². The minimum absolute atomic E-state index is 0.192. The maximum absolute atomic E-state index is 11.6. The topological polar surface area (TPSA) is 58.4 Å². The highest BCUT2D eigenvalue weighted by molar-refractivity contribution is 5.85. The molecular formula is C13H25N3O. The molecule has 3 N–H and O–H groups in total. The van der Waals surface area contributed by atoms with Gasteiger partial charge in [0.05, 0.1) is 5.54 Å². The van der Waals surface area contributed by atoms with Crippen LogP contribution in [0.4, 0.5) is 0 Å². The Balaban J connectivity index is 2.04. The van der Waals surface area contributed by atoms with E-state index in [1.54, 1.807) is 0 Å². The summed E-state index contributed by atoms with van der Waals surface area (Å²) in [4.78, 5) is 14.2. The SMILES string of the molecule is CNC1(C(N)=O)CCC(N2CC(C)CC2C)C1. The third-order valence-electron chi connectivity index (χ3n) is 4.74. The predicted octanol–water partition coefficient (Wildman–Crippen LogP) is 0.713. The highest BCUT2D eigenvalue weighted by Gasteiger charge is 2.46. The molecule has 0 aromatic heterocycles. The van der Waals surface area contributed by atoms with Gasteiger partial charge in [-0.15, -0.1) is 0 Å². The summed E-state index contributed by atoms with van der Waals surface area (Å²) in [5.41, 5.74) is 5.08. The zero-order chi connectivity index (χ0) is 12.6. The summed E-state index contributed by atoms with van der Waals surface area (Å²) in [5, 5.41) is 3.16. The second kappa shape index (κ2) is 4.58. The van der Waals surface area contributed by atoms with E-state index < -0.39 is 5.54 Å². The Morgan fingerprint density at radius 1 is 1.47 bits per heavy atom. The number of likely N-dealkylation sites (tertiary alicyclic amines) is 1. The van der Waals surface area contributed by atoms with Crippen molar-refractivity contribution in [1.82, 2.24) is 10.2 Å². The van der Waals surface area contributed by atoms with E-state index in [1.807, 2.05) is 7.05 Å². The molecular weight excluding hydrogens is 214 g/mol. The lowest BCUT2D eigenvalue weighted by molar-refractivity contribution is -0.124. The molecule has 0 aromatic rings. The monoisotopic (exact) mass is 239 g/mol. The molecule has 0 spiro atoms. The van der Waals surface area contributed by atoms with Gasteiger partial charge in [-0.2, -0.15) is 0 Å². The van der Waals surface area contributed by atoms with E-state index in [2.05, 4.69) is 24.1 Å². The summed E-state index contributed by atoms with van der Waals surface area (Å²) in [7, 11) is 1.85. The molecule has 0 bridgehead atoms. The molecule has 1 aliphatic carbocycles. The predicted molar refractivity (Wildman–Crippen MR) is 68.6 cm³/mol. The van der Waals surface area contributed by atoms with Crippen LogP contribution >= 0.6 is 0 Å². The van der Waals surface area contributed by atoms with Gasteiger partial charge in [0.25, 0.3) is 0 Å². The maximum atomic E-state index is 11.6. The lowest BCUT2D eigenvalue weighted by Crippen LogP contribution is -2.53. The van der Waals surface area contributed by atoms with Crippen LogP contribution in [-0.4, -0.2) is 42.0 Å². The van der Waals surface area contributed by atoms with E-state index in [9.17, 15) is 4.79 Å². The van der Waals surface area contributed by atoms with E-state index in [-0.39, 0.29) is 5.91 Å². The van der Waals surface area contributed by atoms with E-state index in [1.165, 1.54) is 13.0 Å². The van der Waals surface area contributed by atoms with E-state index in [0.29, 0.717) is 12.1 Å². The number of nitrogens with zero attached hydrogens (tertiary/aromatic N) is 1. The molecule has 1 amide bonds. The van der Waals surface area contributed by atoms with Crippen molar-refractivity contribution in [2.45, 2.75) is 57.2 Å². The highest BCUT2D eigenvalue weighted by Crippen LogP contribution is 2.37. The molecule has 1 saturated heterocycles. The summed E-state index contributed by atoms with van der Waals surface area (Å²) in [6, 6.07) is 1.17.